The first-order valence-electron chi connectivity index (χ1n) is 5.03. The van der Waals surface area contributed by atoms with Crippen LogP contribution in [0.4, 0.5) is 0 Å². The molecule has 0 N–H and O–H groups in total. The van der Waals surface area contributed by atoms with Crippen molar-refractivity contribution in [3.05, 3.63) is 66.5 Å². The van der Waals surface area contributed by atoms with Crippen LogP contribution in [0.25, 0.3) is 0 Å². The van der Waals surface area contributed by atoms with Crippen LogP contribution in [0.2, 0.25) is 10.0 Å². The van der Waals surface area contributed by atoms with Gasteiger partial charge in [0, 0.05) is 24.6 Å². The fraction of sp³-hybridized carbons (Fsp3) is 0.0769. The molecule has 0 aliphatic rings. The maximum atomic E-state index is 6.22. The average molecular weight is 474 g/mol. The Balaban J connectivity index is 2.54. The normalized spacial score (nSPS) is 12.5. The molecule has 0 saturated carbocycles. The summed E-state index contributed by atoms with van der Waals surface area (Å²) in [6, 6.07) is 11.5. The first kappa shape index (κ1) is 14.9. The van der Waals surface area contributed by atoms with Gasteiger partial charge < -0.3 is 0 Å². The molecule has 0 spiro atoms. The molecule has 1 atom stereocenters. The number of alkyl halides is 1. The predicted octanol–water partition coefficient (Wildman–Crippen LogP) is 7.00. The smallest absolute Gasteiger partial charge is 0.0685 e. The summed E-state index contributed by atoms with van der Waals surface area (Å²) in [5.41, 5.74) is 1.94. The quantitative estimate of drug-likeness (QED) is 0.412. The third-order valence-electron chi connectivity index (χ3n) is 2.48. The summed E-state index contributed by atoms with van der Waals surface area (Å²) in [5.74, 6) is 0. The second kappa shape index (κ2) is 6.27. The van der Waals surface area contributed by atoms with Gasteiger partial charge in [0.05, 0.1) is 4.83 Å². The summed E-state index contributed by atoms with van der Waals surface area (Å²) in [4.78, 5) is -0.0643. The number of hydrogen-bond donors (Lipinski definition) is 0. The highest BCUT2D eigenvalue weighted by Crippen LogP contribution is 2.42. The van der Waals surface area contributed by atoms with Crippen molar-refractivity contribution in [3.8, 4) is 0 Å². The molecule has 0 saturated heterocycles. The number of halogens is 5. The average Bonchev–Trinajstić information content (AvgIpc) is 2.32. The molecule has 5 heteroatoms. The highest BCUT2D eigenvalue weighted by Gasteiger charge is 2.19. The van der Waals surface area contributed by atoms with Gasteiger partial charge in [-0.25, -0.2) is 0 Å². The van der Waals surface area contributed by atoms with E-state index in [9.17, 15) is 0 Å². The van der Waals surface area contributed by atoms with Gasteiger partial charge in [-0.2, -0.15) is 0 Å². The summed E-state index contributed by atoms with van der Waals surface area (Å²) in [7, 11) is 0. The van der Waals surface area contributed by atoms with Gasteiger partial charge in [0.2, 0.25) is 0 Å². The Labute approximate surface area is 141 Å². The van der Waals surface area contributed by atoms with Crippen molar-refractivity contribution in [2.24, 2.45) is 0 Å². The molecule has 0 aliphatic heterocycles. The van der Waals surface area contributed by atoms with Gasteiger partial charge in [0.1, 0.15) is 0 Å². The van der Waals surface area contributed by atoms with E-state index in [1.54, 1.807) is 0 Å². The molecule has 0 fully saturated rings. The van der Waals surface area contributed by atoms with Gasteiger partial charge in [-0.15, -0.1) is 0 Å². The largest absolute Gasteiger partial charge is 0.0839 e. The van der Waals surface area contributed by atoms with Crippen molar-refractivity contribution >= 4 is 71.0 Å². The van der Waals surface area contributed by atoms with Gasteiger partial charge in [-0.3, -0.25) is 0 Å². The summed E-state index contributed by atoms with van der Waals surface area (Å²) in [5, 5.41) is 1.30. The molecule has 0 aliphatic carbocycles. The van der Waals surface area contributed by atoms with Gasteiger partial charge in [0.15, 0.2) is 0 Å². The van der Waals surface area contributed by atoms with E-state index in [1.807, 2.05) is 36.4 Å². The van der Waals surface area contributed by atoms with Crippen molar-refractivity contribution in [1.29, 1.82) is 0 Å². The van der Waals surface area contributed by atoms with Crippen LogP contribution in [0.3, 0.4) is 0 Å². The van der Waals surface area contributed by atoms with E-state index in [1.165, 1.54) is 0 Å². The van der Waals surface area contributed by atoms with Crippen molar-refractivity contribution in [2.75, 3.05) is 0 Å². The number of rotatable bonds is 2. The summed E-state index contributed by atoms with van der Waals surface area (Å²) >= 11 is 23.1. The van der Waals surface area contributed by atoms with Crippen LogP contribution < -0.4 is 0 Å². The Kier molecular flexibility index (Phi) is 5.18. The van der Waals surface area contributed by atoms with Crippen LogP contribution in [-0.2, 0) is 0 Å². The zero-order valence-electron chi connectivity index (χ0n) is 8.93. The van der Waals surface area contributed by atoms with Crippen LogP contribution in [0.15, 0.2) is 45.3 Å². The molecular formula is C13H7Br3Cl2. The maximum absolute atomic E-state index is 6.22. The third kappa shape index (κ3) is 3.13. The van der Waals surface area contributed by atoms with E-state index in [2.05, 4.69) is 47.8 Å². The fourth-order valence-corrected chi connectivity index (χ4v) is 4.53. The molecule has 0 aromatic heterocycles. The topological polar surface area (TPSA) is 0 Å². The maximum Gasteiger partial charge on any atom is 0.0685 e. The molecule has 0 heterocycles. The van der Waals surface area contributed by atoms with Gasteiger partial charge in [-0.05, 0) is 35.9 Å². The molecule has 2 rings (SSSR count). The standard InChI is InChI=1S/C13H7Br3Cl2/c14-7-4-5-9(15)8(6-7)13(16)12-10(17)2-1-3-11(12)18/h1-6,13H. The van der Waals surface area contributed by atoms with Gasteiger partial charge >= 0.3 is 0 Å². The monoisotopic (exact) mass is 470 g/mol. The molecule has 0 bridgehead atoms. The lowest BCUT2D eigenvalue weighted by Crippen LogP contribution is -1.96. The van der Waals surface area contributed by atoms with Crippen LogP contribution >= 0.6 is 71.0 Å². The SMILES string of the molecule is Clc1cccc(Cl)c1C(Br)c1cc(Br)ccc1Br. The van der Waals surface area contributed by atoms with E-state index in [0.29, 0.717) is 10.0 Å². The highest BCUT2D eigenvalue weighted by atomic mass is 79.9. The van der Waals surface area contributed by atoms with Crippen LogP contribution in [-0.4, -0.2) is 0 Å². The second-order valence-corrected chi connectivity index (χ2v) is 7.16. The first-order chi connectivity index (χ1) is 8.50. The van der Waals surface area contributed by atoms with Crippen molar-refractivity contribution < 1.29 is 0 Å². The molecule has 2 aromatic rings. The molecule has 2 aromatic carbocycles. The van der Waals surface area contributed by atoms with Crippen molar-refractivity contribution in [2.45, 2.75) is 4.83 Å². The van der Waals surface area contributed by atoms with Gasteiger partial charge in [-0.1, -0.05) is 77.1 Å². The van der Waals surface area contributed by atoms with E-state index < -0.39 is 0 Å². The zero-order valence-corrected chi connectivity index (χ0v) is 15.2. The van der Waals surface area contributed by atoms with Crippen molar-refractivity contribution in [3.63, 3.8) is 0 Å². The number of hydrogen-bond acceptors (Lipinski definition) is 0. The molecule has 0 radical (unpaired) electrons. The molecule has 94 valence electrons. The second-order valence-electron chi connectivity index (χ2n) is 3.66. The molecular weight excluding hydrogens is 467 g/mol. The molecule has 0 nitrogen and oxygen atoms in total. The Hall–Kier alpha value is 0.460. The van der Waals surface area contributed by atoms with E-state index >= 15 is 0 Å². The van der Waals surface area contributed by atoms with Crippen LogP contribution in [0.5, 0.6) is 0 Å². The van der Waals surface area contributed by atoms with E-state index in [4.69, 9.17) is 23.2 Å². The summed E-state index contributed by atoms with van der Waals surface area (Å²) < 4.78 is 2.01. The van der Waals surface area contributed by atoms with E-state index in [0.717, 1.165) is 20.1 Å². The minimum absolute atomic E-state index is 0.0643. The molecule has 0 amide bonds. The van der Waals surface area contributed by atoms with Gasteiger partial charge in [0.25, 0.3) is 0 Å². The predicted molar refractivity (Wildman–Crippen MR) is 89.1 cm³/mol. The lowest BCUT2D eigenvalue weighted by molar-refractivity contribution is 1.16. The highest BCUT2D eigenvalue weighted by molar-refractivity contribution is 9.11. The van der Waals surface area contributed by atoms with Crippen molar-refractivity contribution in [1.82, 2.24) is 0 Å². The summed E-state index contributed by atoms with van der Waals surface area (Å²) in [6.45, 7) is 0. The Morgan fingerprint density at radius 2 is 1.56 bits per heavy atom. The number of benzene rings is 2. The molecule has 1 unspecified atom stereocenters. The first-order valence-corrected chi connectivity index (χ1v) is 8.29. The van der Waals surface area contributed by atoms with E-state index in [-0.39, 0.29) is 4.83 Å². The van der Waals surface area contributed by atoms with Crippen LogP contribution in [0.1, 0.15) is 16.0 Å². The summed E-state index contributed by atoms with van der Waals surface area (Å²) in [6.07, 6.45) is 0. The lowest BCUT2D eigenvalue weighted by Gasteiger charge is -2.16. The Morgan fingerprint density at radius 1 is 0.944 bits per heavy atom. The zero-order chi connectivity index (χ0) is 13.3. The van der Waals surface area contributed by atoms with Crippen LogP contribution in [0, 0.1) is 0 Å². The minimum Gasteiger partial charge on any atom is -0.0839 e. The Bertz CT molecular complexity index is 564. The lowest BCUT2D eigenvalue weighted by atomic mass is 10.0. The molecule has 18 heavy (non-hydrogen) atoms. The fourth-order valence-electron chi connectivity index (χ4n) is 1.62. The Morgan fingerprint density at radius 3 is 2.17 bits per heavy atom. The third-order valence-corrected chi connectivity index (χ3v) is 5.31. The minimum atomic E-state index is -0.0643.